The van der Waals surface area contributed by atoms with E-state index in [2.05, 4.69) is 10.3 Å². The monoisotopic (exact) mass is 448 g/mol. The molecule has 0 saturated carbocycles. The minimum Gasteiger partial charge on any atom is -0.333 e. The molecule has 2 aliphatic rings. The van der Waals surface area contributed by atoms with Crippen LogP contribution >= 0.6 is 11.3 Å². The van der Waals surface area contributed by atoms with Gasteiger partial charge in [0.15, 0.2) is 5.13 Å². The van der Waals surface area contributed by atoms with E-state index in [0.717, 1.165) is 29.8 Å². The molecule has 10 heteroatoms. The summed E-state index contributed by atoms with van der Waals surface area (Å²) in [5, 5.41) is 3.24. The van der Waals surface area contributed by atoms with Crippen molar-refractivity contribution in [3.63, 3.8) is 0 Å². The van der Waals surface area contributed by atoms with Gasteiger partial charge in [-0.2, -0.15) is 4.31 Å². The van der Waals surface area contributed by atoms with Crippen LogP contribution in [-0.2, 0) is 27.8 Å². The minimum absolute atomic E-state index is 0.142. The summed E-state index contributed by atoms with van der Waals surface area (Å²) in [4.78, 5) is 31.5. The van der Waals surface area contributed by atoms with Gasteiger partial charge in [-0.3, -0.25) is 9.59 Å². The number of carbonyl (C=O) groups is 2. The molecule has 1 N–H and O–H groups in total. The first-order valence-electron chi connectivity index (χ1n) is 10.0. The van der Waals surface area contributed by atoms with Crippen LogP contribution in [0.25, 0.3) is 0 Å². The van der Waals surface area contributed by atoms with Gasteiger partial charge in [0, 0.05) is 43.4 Å². The van der Waals surface area contributed by atoms with E-state index in [4.69, 9.17) is 0 Å². The van der Waals surface area contributed by atoms with Gasteiger partial charge in [0.2, 0.25) is 15.9 Å². The molecule has 0 bridgehead atoms. The standard InChI is InChI=1S/C20H24N4O4S2/c1-14(25)21-20-22-17-9-12-23(13-18(17)29-20)19(26)15-5-7-16(8-6-15)30(27,28)24-10-3-2-4-11-24/h5-8H,2-4,9-13H2,1H3,(H,21,22,25). The zero-order valence-corrected chi connectivity index (χ0v) is 18.4. The Morgan fingerprint density at radius 3 is 2.43 bits per heavy atom. The number of nitrogens with zero attached hydrogens (tertiary/aromatic N) is 3. The number of sulfonamides is 1. The minimum atomic E-state index is -3.51. The lowest BCUT2D eigenvalue weighted by atomic mass is 10.1. The van der Waals surface area contributed by atoms with Crippen LogP contribution in [0.4, 0.5) is 5.13 Å². The van der Waals surface area contributed by atoms with Gasteiger partial charge in [-0.05, 0) is 37.1 Å². The first kappa shape index (κ1) is 21.0. The molecular formula is C20H24N4O4S2. The van der Waals surface area contributed by atoms with Crippen molar-refractivity contribution in [3.05, 3.63) is 40.4 Å². The van der Waals surface area contributed by atoms with Gasteiger partial charge in [0.1, 0.15) is 0 Å². The Balaban J connectivity index is 1.46. The van der Waals surface area contributed by atoms with Gasteiger partial charge in [0.05, 0.1) is 17.1 Å². The quantitative estimate of drug-likeness (QED) is 0.775. The number of rotatable bonds is 4. The molecule has 1 aromatic carbocycles. The third-order valence-corrected chi connectivity index (χ3v) is 8.27. The van der Waals surface area contributed by atoms with Crippen LogP contribution in [-0.4, -0.2) is 54.1 Å². The first-order chi connectivity index (χ1) is 14.3. The van der Waals surface area contributed by atoms with Gasteiger partial charge < -0.3 is 10.2 Å². The van der Waals surface area contributed by atoms with Crippen molar-refractivity contribution in [3.8, 4) is 0 Å². The molecule has 30 heavy (non-hydrogen) atoms. The molecule has 4 rings (SSSR count). The summed E-state index contributed by atoms with van der Waals surface area (Å²) >= 11 is 1.38. The predicted molar refractivity (Wildman–Crippen MR) is 114 cm³/mol. The number of amides is 2. The molecule has 1 fully saturated rings. The Morgan fingerprint density at radius 2 is 1.77 bits per heavy atom. The Hall–Kier alpha value is -2.30. The molecule has 1 aromatic heterocycles. The van der Waals surface area contributed by atoms with E-state index >= 15 is 0 Å². The molecule has 0 unspecified atom stereocenters. The SMILES string of the molecule is CC(=O)Nc1nc2c(s1)CN(C(=O)c1ccc(S(=O)(=O)N3CCCCC3)cc1)CC2. The van der Waals surface area contributed by atoms with Gasteiger partial charge in [0.25, 0.3) is 5.91 Å². The molecule has 1 saturated heterocycles. The van der Waals surface area contributed by atoms with E-state index in [0.29, 0.717) is 43.3 Å². The highest BCUT2D eigenvalue weighted by Crippen LogP contribution is 2.29. The molecule has 0 radical (unpaired) electrons. The van der Waals surface area contributed by atoms with Crippen LogP contribution in [0.15, 0.2) is 29.2 Å². The van der Waals surface area contributed by atoms with Crippen molar-refractivity contribution in [2.24, 2.45) is 0 Å². The molecule has 2 aliphatic heterocycles. The number of benzene rings is 1. The Bertz CT molecular complexity index is 1060. The number of fused-ring (bicyclic) bond motifs is 1. The van der Waals surface area contributed by atoms with E-state index in [-0.39, 0.29) is 16.7 Å². The third kappa shape index (κ3) is 4.26. The van der Waals surface area contributed by atoms with Gasteiger partial charge in [-0.15, -0.1) is 0 Å². The van der Waals surface area contributed by atoms with Crippen LogP contribution in [0.2, 0.25) is 0 Å². The number of hydrogen-bond acceptors (Lipinski definition) is 6. The van der Waals surface area contributed by atoms with E-state index in [1.807, 2.05) is 0 Å². The average Bonchev–Trinajstić information content (AvgIpc) is 3.14. The van der Waals surface area contributed by atoms with Crippen molar-refractivity contribution in [1.29, 1.82) is 0 Å². The number of anilines is 1. The normalized spacial score (nSPS) is 17.4. The van der Waals surface area contributed by atoms with Crippen LogP contribution in [0.1, 0.15) is 47.1 Å². The third-order valence-electron chi connectivity index (χ3n) is 5.36. The van der Waals surface area contributed by atoms with Crippen LogP contribution in [0.3, 0.4) is 0 Å². The summed E-state index contributed by atoms with van der Waals surface area (Å²) in [6.07, 6.45) is 3.45. The number of carbonyl (C=O) groups excluding carboxylic acids is 2. The van der Waals surface area contributed by atoms with E-state index < -0.39 is 10.0 Å². The number of thiazole rings is 1. The van der Waals surface area contributed by atoms with E-state index in [9.17, 15) is 18.0 Å². The Kier molecular flexibility index (Phi) is 5.90. The van der Waals surface area contributed by atoms with Gasteiger partial charge in [-0.25, -0.2) is 13.4 Å². The van der Waals surface area contributed by atoms with Crippen LogP contribution in [0, 0.1) is 0 Å². The average molecular weight is 449 g/mol. The summed E-state index contributed by atoms with van der Waals surface area (Å²) in [5.74, 6) is -0.314. The van der Waals surface area contributed by atoms with Crippen molar-refractivity contribution >= 4 is 38.3 Å². The molecule has 0 atom stereocenters. The molecule has 3 heterocycles. The lowest BCUT2D eigenvalue weighted by Crippen LogP contribution is -2.36. The number of aromatic nitrogens is 1. The Morgan fingerprint density at radius 1 is 1.07 bits per heavy atom. The molecule has 0 aliphatic carbocycles. The van der Waals surface area contributed by atoms with Gasteiger partial charge >= 0.3 is 0 Å². The summed E-state index contributed by atoms with van der Waals surface area (Å²) in [7, 11) is -3.51. The summed E-state index contributed by atoms with van der Waals surface area (Å²) < 4.78 is 27.1. The van der Waals surface area contributed by atoms with Crippen LogP contribution < -0.4 is 5.32 Å². The van der Waals surface area contributed by atoms with Gasteiger partial charge in [-0.1, -0.05) is 17.8 Å². The fourth-order valence-electron chi connectivity index (χ4n) is 3.78. The van der Waals surface area contributed by atoms with E-state index in [1.165, 1.54) is 34.7 Å². The summed E-state index contributed by atoms with van der Waals surface area (Å²) in [5.41, 5.74) is 1.37. The molecular weight excluding hydrogens is 424 g/mol. The van der Waals surface area contributed by atoms with Crippen molar-refractivity contribution in [1.82, 2.24) is 14.2 Å². The Labute approximate surface area is 180 Å². The second kappa shape index (κ2) is 8.44. The summed E-state index contributed by atoms with van der Waals surface area (Å²) in [6, 6.07) is 6.22. The lowest BCUT2D eigenvalue weighted by Gasteiger charge is -2.27. The predicted octanol–water partition coefficient (Wildman–Crippen LogP) is 2.47. The highest BCUT2D eigenvalue weighted by Gasteiger charge is 2.28. The molecule has 2 aromatic rings. The smallest absolute Gasteiger partial charge is 0.254 e. The maximum absolute atomic E-state index is 12.9. The maximum atomic E-state index is 12.9. The van der Waals surface area contributed by atoms with Crippen LogP contribution in [0.5, 0.6) is 0 Å². The number of nitrogens with one attached hydrogen (secondary N) is 1. The zero-order chi connectivity index (χ0) is 21.3. The molecule has 0 spiro atoms. The number of piperidine rings is 1. The maximum Gasteiger partial charge on any atom is 0.254 e. The molecule has 160 valence electrons. The first-order valence-corrected chi connectivity index (χ1v) is 12.3. The van der Waals surface area contributed by atoms with E-state index in [1.54, 1.807) is 17.0 Å². The fourth-order valence-corrected chi connectivity index (χ4v) is 6.37. The highest BCUT2D eigenvalue weighted by molar-refractivity contribution is 7.89. The molecule has 2 amide bonds. The number of hydrogen-bond donors (Lipinski definition) is 1. The van der Waals surface area contributed by atoms with Crippen molar-refractivity contribution < 1.29 is 18.0 Å². The zero-order valence-electron chi connectivity index (χ0n) is 16.8. The largest absolute Gasteiger partial charge is 0.333 e. The highest BCUT2D eigenvalue weighted by atomic mass is 32.2. The second-order valence-corrected chi connectivity index (χ2v) is 10.6. The van der Waals surface area contributed by atoms with Crippen molar-refractivity contribution in [2.75, 3.05) is 25.0 Å². The molecule has 8 nitrogen and oxygen atoms in total. The summed E-state index contributed by atoms with van der Waals surface area (Å²) in [6.45, 7) is 3.50. The lowest BCUT2D eigenvalue weighted by molar-refractivity contribution is -0.114. The second-order valence-electron chi connectivity index (χ2n) is 7.54. The van der Waals surface area contributed by atoms with Crippen molar-refractivity contribution in [2.45, 2.75) is 44.0 Å². The topological polar surface area (TPSA) is 99.7 Å². The fraction of sp³-hybridized carbons (Fsp3) is 0.450.